The lowest BCUT2D eigenvalue weighted by Crippen LogP contribution is -2.14. The molecular formula is C13H18ClF3N2O. The van der Waals surface area contributed by atoms with Crippen LogP contribution in [0.25, 0.3) is 0 Å². The minimum Gasteiger partial charge on any atom is -0.477 e. The molecule has 1 aromatic rings. The summed E-state index contributed by atoms with van der Waals surface area (Å²) in [6.07, 6.45) is -2.50. The highest BCUT2D eigenvalue weighted by molar-refractivity contribution is 6.31. The summed E-state index contributed by atoms with van der Waals surface area (Å²) in [4.78, 5) is 4.02. The molecule has 114 valence electrons. The van der Waals surface area contributed by atoms with Gasteiger partial charge in [-0.05, 0) is 31.0 Å². The predicted octanol–water partition coefficient (Wildman–Crippen LogP) is 3.96. The second kappa shape index (κ2) is 8.32. The van der Waals surface area contributed by atoms with Crippen LogP contribution in [0.1, 0.15) is 31.7 Å². The molecule has 20 heavy (non-hydrogen) atoms. The Labute approximate surface area is 121 Å². The molecule has 7 heteroatoms. The van der Waals surface area contributed by atoms with Gasteiger partial charge in [0.1, 0.15) is 5.02 Å². The van der Waals surface area contributed by atoms with Crippen molar-refractivity contribution in [3.05, 3.63) is 22.8 Å². The van der Waals surface area contributed by atoms with Crippen molar-refractivity contribution in [1.82, 2.24) is 10.3 Å². The van der Waals surface area contributed by atoms with Gasteiger partial charge in [0.2, 0.25) is 5.88 Å². The van der Waals surface area contributed by atoms with E-state index in [-0.39, 0.29) is 18.9 Å². The maximum Gasteiger partial charge on any atom is 0.389 e. The second-order valence-electron chi connectivity index (χ2n) is 4.37. The van der Waals surface area contributed by atoms with Crippen molar-refractivity contribution >= 4 is 11.6 Å². The number of nitrogens with zero attached hydrogens (tertiary/aromatic N) is 1. The van der Waals surface area contributed by atoms with E-state index in [1.54, 1.807) is 12.3 Å². The van der Waals surface area contributed by atoms with E-state index >= 15 is 0 Å². The highest BCUT2D eigenvalue weighted by atomic mass is 35.5. The monoisotopic (exact) mass is 310 g/mol. The Morgan fingerprint density at radius 3 is 2.75 bits per heavy atom. The van der Waals surface area contributed by atoms with E-state index in [0.717, 1.165) is 18.5 Å². The number of nitrogens with one attached hydrogen (secondary N) is 1. The zero-order valence-electron chi connectivity index (χ0n) is 11.3. The summed E-state index contributed by atoms with van der Waals surface area (Å²) >= 11 is 5.97. The molecule has 0 unspecified atom stereocenters. The van der Waals surface area contributed by atoms with Gasteiger partial charge in [0, 0.05) is 19.2 Å². The molecule has 1 rings (SSSR count). The Hall–Kier alpha value is -1.01. The van der Waals surface area contributed by atoms with Gasteiger partial charge in [-0.2, -0.15) is 13.2 Å². The van der Waals surface area contributed by atoms with Gasteiger partial charge in [-0.25, -0.2) is 4.98 Å². The van der Waals surface area contributed by atoms with Crippen LogP contribution in [0.15, 0.2) is 12.3 Å². The summed E-state index contributed by atoms with van der Waals surface area (Å²) in [5.41, 5.74) is 0.908. The summed E-state index contributed by atoms with van der Waals surface area (Å²) in [6, 6.07) is 1.70. The Morgan fingerprint density at radius 1 is 1.40 bits per heavy atom. The first-order chi connectivity index (χ1) is 9.42. The van der Waals surface area contributed by atoms with Crippen LogP contribution >= 0.6 is 11.6 Å². The van der Waals surface area contributed by atoms with Crippen LogP contribution in [0, 0.1) is 0 Å². The van der Waals surface area contributed by atoms with Crippen molar-refractivity contribution in [2.75, 3.05) is 13.2 Å². The lowest BCUT2D eigenvalue weighted by Gasteiger charge is -2.10. The molecule has 3 nitrogen and oxygen atoms in total. The highest BCUT2D eigenvalue weighted by Gasteiger charge is 2.26. The van der Waals surface area contributed by atoms with Crippen LogP contribution in [0.5, 0.6) is 5.88 Å². The minimum absolute atomic E-state index is 0.0559. The summed E-state index contributed by atoms with van der Waals surface area (Å²) < 4.78 is 41.0. The van der Waals surface area contributed by atoms with Gasteiger partial charge in [0.15, 0.2) is 0 Å². The first-order valence-corrected chi connectivity index (χ1v) is 6.85. The van der Waals surface area contributed by atoms with Crippen LogP contribution in [0.4, 0.5) is 13.2 Å². The van der Waals surface area contributed by atoms with Gasteiger partial charge < -0.3 is 10.1 Å². The molecule has 1 heterocycles. The molecule has 0 aromatic carbocycles. The van der Waals surface area contributed by atoms with E-state index in [2.05, 4.69) is 17.2 Å². The second-order valence-corrected chi connectivity index (χ2v) is 4.78. The third-order valence-corrected chi connectivity index (χ3v) is 2.73. The molecule has 0 aliphatic rings. The Balaban J connectivity index is 2.39. The van der Waals surface area contributed by atoms with Gasteiger partial charge in [-0.15, -0.1) is 0 Å². The van der Waals surface area contributed by atoms with Gasteiger partial charge >= 0.3 is 6.18 Å². The molecule has 0 amide bonds. The molecule has 0 atom stereocenters. The maximum atomic E-state index is 12.0. The molecule has 0 aliphatic carbocycles. The molecule has 0 spiro atoms. The van der Waals surface area contributed by atoms with Crippen LogP contribution in [0.2, 0.25) is 5.02 Å². The average molecular weight is 311 g/mol. The Kier molecular flexibility index (Phi) is 7.09. The van der Waals surface area contributed by atoms with Crippen LogP contribution in [0.3, 0.4) is 0 Å². The number of halogens is 4. The van der Waals surface area contributed by atoms with E-state index in [0.29, 0.717) is 11.6 Å². The van der Waals surface area contributed by atoms with E-state index < -0.39 is 12.6 Å². The van der Waals surface area contributed by atoms with E-state index in [1.807, 2.05) is 0 Å². The van der Waals surface area contributed by atoms with Gasteiger partial charge in [-0.1, -0.05) is 18.5 Å². The summed E-state index contributed by atoms with van der Waals surface area (Å²) in [6.45, 7) is 3.55. The first-order valence-electron chi connectivity index (χ1n) is 6.47. The molecule has 0 bridgehead atoms. The normalized spacial score (nSPS) is 11.7. The number of hydrogen-bond donors (Lipinski definition) is 1. The van der Waals surface area contributed by atoms with E-state index in [9.17, 15) is 13.2 Å². The van der Waals surface area contributed by atoms with E-state index in [1.165, 1.54) is 0 Å². The molecule has 0 fully saturated rings. The number of pyridine rings is 1. The topological polar surface area (TPSA) is 34.2 Å². The van der Waals surface area contributed by atoms with Crippen molar-refractivity contribution < 1.29 is 17.9 Å². The molecule has 0 saturated carbocycles. The predicted molar refractivity (Wildman–Crippen MR) is 72.0 cm³/mol. The Morgan fingerprint density at radius 2 is 2.15 bits per heavy atom. The fraction of sp³-hybridized carbons (Fsp3) is 0.615. The van der Waals surface area contributed by atoms with Gasteiger partial charge in [0.05, 0.1) is 6.61 Å². The molecule has 1 aromatic heterocycles. The largest absolute Gasteiger partial charge is 0.477 e. The van der Waals surface area contributed by atoms with Crippen molar-refractivity contribution in [1.29, 1.82) is 0 Å². The maximum absolute atomic E-state index is 12.0. The van der Waals surface area contributed by atoms with Crippen LogP contribution in [-0.4, -0.2) is 24.3 Å². The summed E-state index contributed by atoms with van der Waals surface area (Å²) in [7, 11) is 0. The number of ether oxygens (including phenoxy) is 1. The quantitative estimate of drug-likeness (QED) is 0.738. The van der Waals surface area contributed by atoms with Crippen LogP contribution < -0.4 is 10.1 Å². The van der Waals surface area contributed by atoms with Gasteiger partial charge in [-0.3, -0.25) is 0 Å². The number of aromatic nitrogens is 1. The molecule has 1 N–H and O–H groups in total. The van der Waals surface area contributed by atoms with Crippen molar-refractivity contribution in [2.45, 2.75) is 38.9 Å². The first kappa shape index (κ1) is 17.0. The Bertz CT molecular complexity index is 413. The number of rotatable bonds is 8. The highest BCUT2D eigenvalue weighted by Crippen LogP contribution is 2.24. The smallest absolute Gasteiger partial charge is 0.389 e. The van der Waals surface area contributed by atoms with Crippen molar-refractivity contribution in [2.24, 2.45) is 0 Å². The van der Waals surface area contributed by atoms with Crippen molar-refractivity contribution in [3.63, 3.8) is 0 Å². The number of alkyl halides is 3. The zero-order valence-corrected chi connectivity index (χ0v) is 12.0. The fourth-order valence-corrected chi connectivity index (χ4v) is 1.76. The summed E-state index contributed by atoms with van der Waals surface area (Å²) in [5.74, 6) is 0.174. The minimum atomic E-state index is -4.16. The molecule has 0 radical (unpaired) electrons. The van der Waals surface area contributed by atoms with Crippen molar-refractivity contribution in [3.8, 4) is 5.88 Å². The van der Waals surface area contributed by atoms with Crippen LogP contribution in [-0.2, 0) is 6.54 Å². The third kappa shape index (κ3) is 6.96. The lowest BCUT2D eigenvalue weighted by atomic mass is 10.3. The lowest BCUT2D eigenvalue weighted by molar-refractivity contribution is -0.136. The number of hydrogen-bond acceptors (Lipinski definition) is 3. The molecule has 0 saturated heterocycles. The molecular weight excluding hydrogens is 293 g/mol. The SMILES string of the molecule is CCCNCc1cnc(OCCCC(F)(F)F)c(Cl)c1. The fourth-order valence-electron chi connectivity index (χ4n) is 1.52. The summed E-state index contributed by atoms with van der Waals surface area (Å²) in [5, 5.41) is 3.52. The van der Waals surface area contributed by atoms with E-state index in [4.69, 9.17) is 16.3 Å². The third-order valence-electron chi connectivity index (χ3n) is 2.46. The zero-order chi connectivity index (χ0) is 15.0. The molecule has 0 aliphatic heterocycles. The standard InChI is InChI=1S/C13H18ClF3N2O/c1-2-5-18-8-10-7-11(14)12(19-9-10)20-6-3-4-13(15,16)17/h7,9,18H,2-6,8H2,1H3. The average Bonchev–Trinajstić information content (AvgIpc) is 2.36. The van der Waals surface area contributed by atoms with Gasteiger partial charge in [0.25, 0.3) is 0 Å².